The van der Waals surface area contributed by atoms with E-state index >= 15 is 0 Å². The van der Waals surface area contributed by atoms with Gasteiger partial charge >= 0.3 is 0 Å². The molecule has 0 aliphatic carbocycles. The van der Waals surface area contributed by atoms with Crippen molar-refractivity contribution in [2.75, 3.05) is 13.1 Å². The maximum Gasteiger partial charge on any atom is 0.227 e. The Bertz CT molecular complexity index is 583. The molecule has 1 aliphatic rings. The summed E-state index contributed by atoms with van der Waals surface area (Å²) in [6.45, 7) is 2.63. The van der Waals surface area contributed by atoms with Crippen LogP contribution in [0.4, 0.5) is 0 Å². The van der Waals surface area contributed by atoms with Crippen molar-refractivity contribution in [3.8, 4) is 0 Å². The molecule has 1 aliphatic heterocycles. The summed E-state index contributed by atoms with van der Waals surface area (Å²) in [5.41, 5.74) is 2.05. The zero-order valence-corrected chi connectivity index (χ0v) is 11.7. The van der Waals surface area contributed by atoms with Gasteiger partial charge in [-0.25, -0.2) is 13.6 Å². The molecular formula is C13H18N2O3S. The van der Waals surface area contributed by atoms with Gasteiger partial charge in [-0.1, -0.05) is 24.3 Å². The smallest absolute Gasteiger partial charge is 0.227 e. The van der Waals surface area contributed by atoms with E-state index in [1.165, 1.54) is 0 Å². The van der Waals surface area contributed by atoms with E-state index in [2.05, 4.69) is 0 Å². The lowest BCUT2D eigenvalue weighted by Crippen LogP contribution is -2.35. The minimum absolute atomic E-state index is 0.0412. The van der Waals surface area contributed by atoms with E-state index in [9.17, 15) is 13.2 Å². The molecule has 0 saturated carbocycles. The number of benzene rings is 1. The first-order chi connectivity index (χ1) is 8.88. The summed E-state index contributed by atoms with van der Waals surface area (Å²) in [6, 6.07) is 7.70. The SMILES string of the molecule is Cc1ccccc1CC(=O)N1CC[C@H](S(N)(=O)=O)C1. The number of aryl methyl sites for hydroxylation is 1. The molecule has 0 spiro atoms. The van der Waals surface area contributed by atoms with E-state index < -0.39 is 15.3 Å². The van der Waals surface area contributed by atoms with Crippen LogP contribution in [0, 0.1) is 6.92 Å². The lowest BCUT2D eigenvalue weighted by molar-refractivity contribution is -0.129. The fraction of sp³-hybridized carbons (Fsp3) is 0.462. The maximum atomic E-state index is 12.1. The number of carbonyl (C=O) groups excluding carboxylic acids is 1. The van der Waals surface area contributed by atoms with Gasteiger partial charge in [0.1, 0.15) is 0 Å². The zero-order chi connectivity index (χ0) is 14.0. The summed E-state index contributed by atoms with van der Waals surface area (Å²) >= 11 is 0. The normalized spacial score (nSPS) is 19.7. The number of likely N-dealkylation sites (tertiary alicyclic amines) is 1. The molecule has 19 heavy (non-hydrogen) atoms. The standard InChI is InChI=1S/C13H18N2O3S/c1-10-4-2-3-5-11(10)8-13(16)15-7-6-12(9-15)19(14,17)18/h2-5,12H,6-9H2,1H3,(H2,14,17,18)/t12-/m0/s1. The second-order valence-corrected chi connectivity index (χ2v) is 6.79. The Morgan fingerprint density at radius 1 is 1.42 bits per heavy atom. The Morgan fingerprint density at radius 2 is 2.11 bits per heavy atom. The van der Waals surface area contributed by atoms with Crippen LogP contribution in [-0.4, -0.2) is 37.6 Å². The van der Waals surface area contributed by atoms with Crippen molar-refractivity contribution >= 4 is 15.9 Å². The Hall–Kier alpha value is -1.40. The number of nitrogens with zero attached hydrogens (tertiary/aromatic N) is 1. The van der Waals surface area contributed by atoms with Gasteiger partial charge in [-0.05, 0) is 24.5 Å². The van der Waals surface area contributed by atoms with Gasteiger partial charge in [-0.2, -0.15) is 0 Å². The van der Waals surface area contributed by atoms with E-state index in [-0.39, 0.29) is 12.5 Å². The first kappa shape index (κ1) is 14.0. The van der Waals surface area contributed by atoms with Crippen LogP contribution in [0.5, 0.6) is 0 Å². The molecule has 0 radical (unpaired) electrons. The molecule has 1 saturated heterocycles. The molecule has 1 fully saturated rings. The molecule has 1 amide bonds. The minimum Gasteiger partial charge on any atom is -0.341 e. The predicted octanol–water partition coefficient (Wildman–Crippen LogP) is 0.427. The predicted molar refractivity (Wildman–Crippen MR) is 73.0 cm³/mol. The Labute approximate surface area is 113 Å². The third-order valence-electron chi connectivity index (χ3n) is 3.57. The number of carbonyl (C=O) groups is 1. The number of primary sulfonamides is 1. The average molecular weight is 282 g/mol. The zero-order valence-electron chi connectivity index (χ0n) is 10.9. The highest BCUT2D eigenvalue weighted by Crippen LogP contribution is 2.17. The van der Waals surface area contributed by atoms with Crippen LogP contribution in [0.15, 0.2) is 24.3 Å². The van der Waals surface area contributed by atoms with Crippen molar-refractivity contribution in [1.29, 1.82) is 0 Å². The van der Waals surface area contributed by atoms with Crippen molar-refractivity contribution in [2.24, 2.45) is 5.14 Å². The van der Waals surface area contributed by atoms with Crippen molar-refractivity contribution in [1.82, 2.24) is 4.90 Å². The van der Waals surface area contributed by atoms with Crippen LogP contribution in [0.1, 0.15) is 17.5 Å². The number of nitrogens with two attached hydrogens (primary N) is 1. The molecular weight excluding hydrogens is 264 g/mol. The lowest BCUT2D eigenvalue weighted by atomic mass is 10.1. The van der Waals surface area contributed by atoms with E-state index in [0.29, 0.717) is 19.4 Å². The summed E-state index contributed by atoms with van der Waals surface area (Å²) in [6.07, 6.45) is 0.738. The van der Waals surface area contributed by atoms with Crippen LogP contribution >= 0.6 is 0 Å². The number of amides is 1. The highest BCUT2D eigenvalue weighted by atomic mass is 32.2. The van der Waals surface area contributed by atoms with Crippen molar-refractivity contribution < 1.29 is 13.2 Å². The van der Waals surface area contributed by atoms with Crippen LogP contribution < -0.4 is 5.14 Å². The highest BCUT2D eigenvalue weighted by molar-refractivity contribution is 7.89. The average Bonchev–Trinajstić information content (AvgIpc) is 2.81. The molecule has 0 aromatic heterocycles. The first-order valence-corrected chi connectivity index (χ1v) is 7.83. The Morgan fingerprint density at radius 3 is 2.68 bits per heavy atom. The first-order valence-electron chi connectivity index (χ1n) is 6.22. The van der Waals surface area contributed by atoms with Crippen molar-refractivity contribution in [2.45, 2.75) is 25.0 Å². The molecule has 2 rings (SSSR count). The topological polar surface area (TPSA) is 80.5 Å². The number of sulfonamides is 1. The molecule has 1 aromatic rings. The molecule has 2 N–H and O–H groups in total. The van der Waals surface area contributed by atoms with Gasteiger partial charge in [0.15, 0.2) is 0 Å². The third kappa shape index (κ3) is 3.33. The van der Waals surface area contributed by atoms with Gasteiger partial charge in [0, 0.05) is 13.1 Å². The van der Waals surface area contributed by atoms with Gasteiger partial charge in [0.25, 0.3) is 0 Å². The van der Waals surface area contributed by atoms with Gasteiger partial charge in [0.05, 0.1) is 11.7 Å². The Balaban J connectivity index is 2.01. The van der Waals surface area contributed by atoms with Gasteiger partial charge in [-0.3, -0.25) is 4.79 Å². The van der Waals surface area contributed by atoms with E-state index in [1.54, 1.807) is 4.90 Å². The van der Waals surface area contributed by atoms with Crippen LogP contribution in [0.2, 0.25) is 0 Å². The number of hydrogen-bond acceptors (Lipinski definition) is 3. The van der Waals surface area contributed by atoms with Crippen molar-refractivity contribution in [3.05, 3.63) is 35.4 Å². The molecule has 1 heterocycles. The maximum absolute atomic E-state index is 12.1. The summed E-state index contributed by atoms with van der Waals surface area (Å²) in [4.78, 5) is 13.7. The summed E-state index contributed by atoms with van der Waals surface area (Å²) in [5.74, 6) is -0.0412. The summed E-state index contributed by atoms with van der Waals surface area (Å²) in [5, 5.41) is 4.50. The van der Waals surface area contributed by atoms with E-state index in [0.717, 1.165) is 11.1 Å². The molecule has 1 atom stereocenters. The second-order valence-electron chi connectivity index (χ2n) is 4.94. The molecule has 104 valence electrons. The summed E-state index contributed by atoms with van der Waals surface area (Å²) < 4.78 is 22.5. The van der Waals surface area contributed by atoms with E-state index in [1.807, 2.05) is 31.2 Å². The van der Waals surface area contributed by atoms with Crippen LogP contribution in [0.3, 0.4) is 0 Å². The lowest BCUT2D eigenvalue weighted by Gasteiger charge is -2.16. The van der Waals surface area contributed by atoms with Crippen molar-refractivity contribution in [3.63, 3.8) is 0 Å². The summed E-state index contributed by atoms with van der Waals surface area (Å²) in [7, 11) is -3.54. The quantitative estimate of drug-likeness (QED) is 0.873. The third-order valence-corrected chi connectivity index (χ3v) is 4.88. The Kier molecular flexibility index (Phi) is 3.91. The molecule has 5 nitrogen and oxygen atoms in total. The molecule has 6 heteroatoms. The second kappa shape index (κ2) is 5.30. The fourth-order valence-electron chi connectivity index (χ4n) is 2.31. The molecule has 1 aromatic carbocycles. The van der Waals surface area contributed by atoms with Crippen LogP contribution in [-0.2, 0) is 21.2 Å². The highest BCUT2D eigenvalue weighted by Gasteiger charge is 2.32. The van der Waals surface area contributed by atoms with Gasteiger partial charge < -0.3 is 4.90 Å². The fourth-order valence-corrected chi connectivity index (χ4v) is 3.13. The monoisotopic (exact) mass is 282 g/mol. The van der Waals surface area contributed by atoms with Gasteiger partial charge in [0.2, 0.25) is 15.9 Å². The molecule has 0 bridgehead atoms. The van der Waals surface area contributed by atoms with Gasteiger partial charge in [-0.15, -0.1) is 0 Å². The van der Waals surface area contributed by atoms with Crippen LogP contribution in [0.25, 0.3) is 0 Å². The van der Waals surface area contributed by atoms with E-state index in [4.69, 9.17) is 5.14 Å². The molecule has 0 unspecified atom stereocenters. The number of rotatable bonds is 3. The largest absolute Gasteiger partial charge is 0.341 e. The minimum atomic E-state index is -3.54. The number of hydrogen-bond donors (Lipinski definition) is 1.